The van der Waals surface area contributed by atoms with E-state index >= 15 is 0 Å². The van der Waals surface area contributed by atoms with Crippen LogP contribution in [0.5, 0.6) is 5.75 Å². The van der Waals surface area contributed by atoms with Crippen LogP contribution < -0.4 is 14.4 Å². The van der Waals surface area contributed by atoms with Gasteiger partial charge in [-0.1, -0.05) is 48.7 Å². The molecule has 0 fully saturated rings. The second-order valence-electron chi connectivity index (χ2n) is 8.06. The number of rotatable bonds is 12. The number of ether oxygens (including phenoxy) is 1. The average molecular weight is 545 g/mol. The van der Waals surface area contributed by atoms with Crippen LogP contribution in [0.15, 0.2) is 42.5 Å². The fraction of sp³-hybridized carbons (Fsp3) is 0.417. The Kier molecular flexibility index (Phi) is 10.7. The Morgan fingerprint density at radius 2 is 1.86 bits per heavy atom. The Balaban J connectivity index is 2.40. The molecule has 11 heteroatoms. The third kappa shape index (κ3) is 8.30. The second kappa shape index (κ2) is 13.0. The summed E-state index contributed by atoms with van der Waals surface area (Å²) in [6, 6.07) is 10.6. The van der Waals surface area contributed by atoms with Crippen LogP contribution in [-0.4, -0.2) is 57.6 Å². The zero-order valence-electron chi connectivity index (χ0n) is 20.3. The monoisotopic (exact) mass is 543 g/mol. The molecule has 0 aliphatic rings. The smallest absolute Gasteiger partial charge is 0.244 e. The number of carbonyl (C=O) groups is 2. The summed E-state index contributed by atoms with van der Waals surface area (Å²) in [5.74, 6) is -0.298. The average Bonchev–Trinajstić information content (AvgIpc) is 2.80. The van der Waals surface area contributed by atoms with E-state index in [2.05, 4.69) is 5.32 Å². The van der Waals surface area contributed by atoms with E-state index in [1.54, 1.807) is 31.2 Å². The van der Waals surface area contributed by atoms with Crippen molar-refractivity contribution in [3.63, 3.8) is 0 Å². The van der Waals surface area contributed by atoms with Gasteiger partial charge >= 0.3 is 0 Å². The van der Waals surface area contributed by atoms with Gasteiger partial charge < -0.3 is 15.0 Å². The van der Waals surface area contributed by atoms with Crippen molar-refractivity contribution in [2.24, 2.45) is 0 Å². The van der Waals surface area contributed by atoms with E-state index in [0.29, 0.717) is 17.3 Å². The number of unbranched alkanes of at least 4 members (excludes halogenated alkanes) is 1. The van der Waals surface area contributed by atoms with Gasteiger partial charge in [-0.25, -0.2) is 8.42 Å². The molecule has 2 aromatic rings. The molecule has 0 saturated carbocycles. The summed E-state index contributed by atoms with van der Waals surface area (Å²) in [7, 11) is -2.36. The highest BCUT2D eigenvalue weighted by molar-refractivity contribution is 7.92. The number of hydrogen-bond donors (Lipinski definition) is 1. The van der Waals surface area contributed by atoms with Crippen molar-refractivity contribution >= 4 is 50.7 Å². The molecule has 0 radical (unpaired) electrons. The van der Waals surface area contributed by atoms with Gasteiger partial charge in [0.2, 0.25) is 21.8 Å². The second-order valence-corrected chi connectivity index (χ2v) is 10.8. The van der Waals surface area contributed by atoms with Crippen molar-refractivity contribution in [3.8, 4) is 5.75 Å². The van der Waals surface area contributed by atoms with E-state index in [0.717, 1.165) is 29.0 Å². The largest absolute Gasteiger partial charge is 0.497 e. The summed E-state index contributed by atoms with van der Waals surface area (Å²) in [5.41, 5.74) is 0.842. The molecule has 0 spiro atoms. The number of benzene rings is 2. The molecular weight excluding hydrogens is 513 g/mol. The van der Waals surface area contributed by atoms with Crippen LogP contribution in [-0.2, 0) is 26.2 Å². The first kappa shape index (κ1) is 28.7. The number of amides is 2. The molecule has 0 saturated heterocycles. The zero-order chi connectivity index (χ0) is 26.2. The summed E-state index contributed by atoms with van der Waals surface area (Å²) in [6.07, 6.45) is 2.70. The first-order chi connectivity index (χ1) is 16.5. The third-order valence-corrected chi connectivity index (χ3v) is 7.01. The Bertz CT molecular complexity index is 1140. The highest BCUT2D eigenvalue weighted by atomic mass is 35.5. The molecule has 35 heavy (non-hydrogen) atoms. The molecule has 2 aromatic carbocycles. The molecule has 0 bridgehead atoms. The van der Waals surface area contributed by atoms with E-state index in [-0.39, 0.29) is 23.2 Å². The van der Waals surface area contributed by atoms with Crippen molar-refractivity contribution in [1.29, 1.82) is 0 Å². The standard InChI is InChI=1S/C24H31Cl2N3O5S/c1-5-6-12-27-24(31)17(2)28(15-18-8-7-9-20(13-18)34-3)23(30)16-29(35(4,32)33)22-11-10-19(25)14-21(22)26/h7-11,13-14,17H,5-6,12,15-16H2,1-4H3,(H,27,31)/t17-/m1/s1. The lowest BCUT2D eigenvalue weighted by atomic mass is 10.1. The molecule has 0 aliphatic heterocycles. The summed E-state index contributed by atoms with van der Waals surface area (Å²) < 4.78 is 31.4. The predicted molar refractivity (Wildman–Crippen MR) is 140 cm³/mol. The molecular formula is C24H31Cl2N3O5S. The van der Waals surface area contributed by atoms with Crippen LogP contribution in [0.2, 0.25) is 10.0 Å². The van der Waals surface area contributed by atoms with E-state index < -0.39 is 28.5 Å². The third-order valence-electron chi connectivity index (χ3n) is 5.34. The number of nitrogens with one attached hydrogen (secondary N) is 1. The van der Waals surface area contributed by atoms with Crippen LogP contribution in [0.1, 0.15) is 32.3 Å². The van der Waals surface area contributed by atoms with E-state index in [1.807, 2.05) is 6.92 Å². The minimum absolute atomic E-state index is 0.0738. The lowest BCUT2D eigenvalue weighted by Crippen LogP contribution is -2.51. The first-order valence-electron chi connectivity index (χ1n) is 11.1. The van der Waals surface area contributed by atoms with Crippen LogP contribution in [0.3, 0.4) is 0 Å². The summed E-state index contributed by atoms with van der Waals surface area (Å²) >= 11 is 12.2. The van der Waals surface area contributed by atoms with Crippen molar-refractivity contribution in [1.82, 2.24) is 10.2 Å². The number of carbonyl (C=O) groups excluding carboxylic acids is 2. The van der Waals surface area contributed by atoms with Crippen LogP contribution in [0.25, 0.3) is 0 Å². The molecule has 2 rings (SSSR count). The van der Waals surface area contributed by atoms with Crippen molar-refractivity contribution in [2.75, 3.05) is 30.8 Å². The SMILES string of the molecule is CCCCNC(=O)[C@@H](C)N(Cc1cccc(OC)c1)C(=O)CN(c1ccc(Cl)cc1Cl)S(C)(=O)=O. The van der Waals surface area contributed by atoms with Gasteiger partial charge in [0.25, 0.3) is 0 Å². The molecule has 8 nitrogen and oxygen atoms in total. The Morgan fingerprint density at radius 1 is 1.14 bits per heavy atom. The maximum atomic E-state index is 13.5. The normalized spacial score (nSPS) is 12.1. The Morgan fingerprint density at radius 3 is 2.46 bits per heavy atom. The number of methoxy groups -OCH3 is 1. The topological polar surface area (TPSA) is 96.0 Å². The minimum atomic E-state index is -3.89. The fourth-order valence-corrected chi connectivity index (χ4v) is 4.79. The summed E-state index contributed by atoms with van der Waals surface area (Å²) in [5, 5.41) is 3.25. The highest BCUT2D eigenvalue weighted by Gasteiger charge is 2.30. The van der Waals surface area contributed by atoms with Crippen LogP contribution in [0, 0.1) is 0 Å². The van der Waals surface area contributed by atoms with Gasteiger partial charge in [0, 0.05) is 18.1 Å². The van der Waals surface area contributed by atoms with Gasteiger partial charge in [0.05, 0.1) is 24.1 Å². The van der Waals surface area contributed by atoms with Crippen LogP contribution >= 0.6 is 23.2 Å². The van der Waals surface area contributed by atoms with Crippen molar-refractivity contribution in [2.45, 2.75) is 39.3 Å². The molecule has 192 valence electrons. The number of anilines is 1. The maximum Gasteiger partial charge on any atom is 0.244 e. The molecule has 0 aliphatic carbocycles. The van der Waals surface area contributed by atoms with Crippen molar-refractivity contribution in [3.05, 3.63) is 58.1 Å². The molecule has 2 amide bonds. The number of hydrogen-bond acceptors (Lipinski definition) is 5. The number of nitrogens with zero attached hydrogens (tertiary/aromatic N) is 2. The van der Waals surface area contributed by atoms with Crippen LogP contribution in [0.4, 0.5) is 5.69 Å². The zero-order valence-corrected chi connectivity index (χ0v) is 22.6. The molecule has 0 heterocycles. The van der Waals surface area contributed by atoms with E-state index in [9.17, 15) is 18.0 Å². The van der Waals surface area contributed by atoms with Gasteiger partial charge in [0.1, 0.15) is 18.3 Å². The van der Waals surface area contributed by atoms with Gasteiger partial charge in [-0.05, 0) is 49.2 Å². The molecule has 0 unspecified atom stereocenters. The van der Waals surface area contributed by atoms with E-state index in [1.165, 1.54) is 30.2 Å². The first-order valence-corrected chi connectivity index (χ1v) is 13.7. The highest BCUT2D eigenvalue weighted by Crippen LogP contribution is 2.30. The van der Waals surface area contributed by atoms with E-state index in [4.69, 9.17) is 27.9 Å². The lowest BCUT2D eigenvalue weighted by Gasteiger charge is -2.31. The molecule has 1 N–H and O–H groups in total. The van der Waals surface area contributed by atoms with Gasteiger partial charge in [-0.2, -0.15) is 0 Å². The lowest BCUT2D eigenvalue weighted by molar-refractivity contribution is -0.139. The summed E-state index contributed by atoms with van der Waals surface area (Å²) in [6.45, 7) is 3.63. The predicted octanol–water partition coefficient (Wildman–Crippen LogP) is 4.10. The number of halogens is 2. The summed E-state index contributed by atoms with van der Waals surface area (Å²) in [4.78, 5) is 27.7. The van der Waals surface area contributed by atoms with Gasteiger partial charge in [-0.3, -0.25) is 13.9 Å². The minimum Gasteiger partial charge on any atom is -0.497 e. The quantitative estimate of drug-likeness (QED) is 0.406. The fourth-order valence-electron chi connectivity index (χ4n) is 3.36. The molecule has 1 atom stereocenters. The van der Waals surface area contributed by atoms with Gasteiger partial charge in [-0.15, -0.1) is 0 Å². The maximum absolute atomic E-state index is 13.5. The number of sulfonamides is 1. The van der Waals surface area contributed by atoms with Gasteiger partial charge in [0.15, 0.2) is 0 Å². The Hall–Kier alpha value is -2.49. The molecule has 0 aromatic heterocycles. The van der Waals surface area contributed by atoms with Crippen molar-refractivity contribution < 1.29 is 22.7 Å². The Labute approximate surface area is 217 Å².